The Morgan fingerprint density at radius 1 is 1.27 bits per heavy atom. The van der Waals surface area contributed by atoms with Gasteiger partial charge in [-0.25, -0.2) is 13.8 Å². The van der Waals surface area contributed by atoms with E-state index >= 15 is 0 Å². The molecule has 0 saturated carbocycles. The molecule has 0 bridgehead atoms. The summed E-state index contributed by atoms with van der Waals surface area (Å²) in [5, 5.41) is 7.34. The first-order chi connectivity index (χ1) is 14.5. The number of methoxy groups -OCH3 is 1. The third-order valence-electron chi connectivity index (χ3n) is 4.86. The number of nitrogens with one attached hydrogen (secondary N) is 1. The van der Waals surface area contributed by atoms with Gasteiger partial charge in [-0.1, -0.05) is 0 Å². The maximum Gasteiger partial charge on any atom is 0.252 e. The number of aryl methyl sites for hydroxylation is 1. The van der Waals surface area contributed by atoms with Gasteiger partial charge in [-0.15, -0.1) is 0 Å². The molecule has 1 aliphatic heterocycles. The molecule has 0 radical (unpaired) electrons. The standard InChI is InChI=1S/C21H20F2N4O3/c1-3-30-14-7-12(6-13(22)8-14)21(28)25-17-4-5-27-19(17)10-18(26-27)15-9-20(29-2)24-11-16(15)23/h6-11,17H,3-5H2,1-2H3,(H,25,28)/t17-/m1/s1. The third-order valence-corrected chi connectivity index (χ3v) is 4.86. The lowest BCUT2D eigenvalue weighted by Gasteiger charge is -2.13. The second-order valence-corrected chi connectivity index (χ2v) is 6.81. The van der Waals surface area contributed by atoms with Gasteiger partial charge in [0.15, 0.2) is 5.82 Å². The highest BCUT2D eigenvalue weighted by molar-refractivity contribution is 5.94. The summed E-state index contributed by atoms with van der Waals surface area (Å²) in [6.07, 6.45) is 1.71. The Morgan fingerprint density at radius 3 is 2.87 bits per heavy atom. The first-order valence-corrected chi connectivity index (χ1v) is 9.50. The number of nitrogens with zero attached hydrogens (tertiary/aromatic N) is 3. The van der Waals surface area contributed by atoms with E-state index in [1.807, 2.05) is 0 Å². The van der Waals surface area contributed by atoms with Gasteiger partial charge in [-0.05, 0) is 31.5 Å². The van der Waals surface area contributed by atoms with E-state index in [0.717, 1.165) is 18.0 Å². The minimum atomic E-state index is -0.549. The average Bonchev–Trinajstić information content (AvgIpc) is 3.30. The van der Waals surface area contributed by atoms with Crippen molar-refractivity contribution < 1.29 is 23.0 Å². The van der Waals surface area contributed by atoms with E-state index in [-0.39, 0.29) is 23.0 Å². The van der Waals surface area contributed by atoms with Crippen LogP contribution in [0.1, 0.15) is 35.4 Å². The van der Waals surface area contributed by atoms with Crippen molar-refractivity contribution in [2.24, 2.45) is 0 Å². The van der Waals surface area contributed by atoms with E-state index in [9.17, 15) is 13.6 Å². The van der Waals surface area contributed by atoms with Crippen molar-refractivity contribution in [3.05, 3.63) is 59.4 Å². The van der Waals surface area contributed by atoms with Crippen molar-refractivity contribution in [3.63, 3.8) is 0 Å². The van der Waals surface area contributed by atoms with Crippen LogP contribution in [-0.2, 0) is 6.54 Å². The van der Waals surface area contributed by atoms with Gasteiger partial charge in [0.25, 0.3) is 5.91 Å². The van der Waals surface area contributed by atoms with Crippen molar-refractivity contribution in [2.45, 2.75) is 25.9 Å². The zero-order valence-corrected chi connectivity index (χ0v) is 16.5. The molecule has 0 unspecified atom stereocenters. The largest absolute Gasteiger partial charge is 0.494 e. The van der Waals surface area contributed by atoms with Crippen LogP contribution in [0.25, 0.3) is 11.3 Å². The zero-order valence-electron chi connectivity index (χ0n) is 16.5. The number of carbonyl (C=O) groups is 1. The normalized spacial score (nSPS) is 15.0. The molecule has 0 fully saturated rings. The number of pyridine rings is 1. The topological polar surface area (TPSA) is 78.3 Å². The maximum atomic E-state index is 14.2. The summed E-state index contributed by atoms with van der Waals surface area (Å²) < 4.78 is 40.2. The minimum Gasteiger partial charge on any atom is -0.494 e. The number of hydrogen-bond donors (Lipinski definition) is 1. The Labute approximate surface area is 171 Å². The number of halogens is 2. The summed E-state index contributed by atoms with van der Waals surface area (Å²) in [4.78, 5) is 16.5. The van der Waals surface area contributed by atoms with Crippen molar-refractivity contribution >= 4 is 5.91 Å². The summed E-state index contributed by atoms with van der Waals surface area (Å²) in [6, 6.07) is 6.77. The number of fused-ring (bicyclic) bond motifs is 1. The molecular formula is C21H20F2N4O3. The molecule has 1 aliphatic rings. The molecule has 4 rings (SSSR count). The van der Waals surface area contributed by atoms with Crippen molar-refractivity contribution in [1.29, 1.82) is 0 Å². The maximum absolute atomic E-state index is 14.2. The predicted molar refractivity (Wildman–Crippen MR) is 104 cm³/mol. The summed E-state index contributed by atoms with van der Waals surface area (Å²) in [5.41, 5.74) is 1.60. The van der Waals surface area contributed by atoms with E-state index in [0.29, 0.717) is 31.0 Å². The van der Waals surface area contributed by atoms with Crippen LogP contribution in [0.5, 0.6) is 11.6 Å². The smallest absolute Gasteiger partial charge is 0.252 e. The van der Waals surface area contributed by atoms with Gasteiger partial charge < -0.3 is 14.8 Å². The van der Waals surface area contributed by atoms with Crippen LogP contribution in [0, 0.1) is 11.6 Å². The highest BCUT2D eigenvalue weighted by atomic mass is 19.1. The SMILES string of the molecule is CCOc1cc(F)cc(C(=O)N[C@@H]2CCn3nc(-c4cc(OC)ncc4F)cc32)c1. The summed E-state index contributed by atoms with van der Waals surface area (Å²) >= 11 is 0. The van der Waals surface area contributed by atoms with E-state index in [1.54, 1.807) is 17.7 Å². The fourth-order valence-corrected chi connectivity index (χ4v) is 3.48. The zero-order chi connectivity index (χ0) is 21.3. The molecule has 1 N–H and O–H groups in total. The molecule has 3 aromatic rings. The molecule has 0 saturated heterocycles. The number of aromatic nitrogens is 3. The number of carbonyl (C=O) groups excluding carboxylic acids is 1. The Hall–Kier alpha value is -3.49. The van der Waals surface area contributed by atoms with Crippen LogP contribution in [-0.4, -0.2) is 34.4 Å². The van der Waals surface area contributed by atoms with Crippen LogP contribution < -0.4 is 14.8 Å². The van der Waals surface area contributed by atoms with Crippen molar-refractivity contribution in [2.75, 3.05) is 13.7 Å². The molecule has 0 spiro atoms. The summed E-state index contributed by atoms with van der Waals surface area (Å²) in [5.74, 6) is -0.916. The molecule has 1 atom stereocenters. The molecule has 0 aliphatic carbocycles. The second kappa shape index (κ2) is 8.10. The van der Waals surface area contributed by atoms with E-state index < -0.39 is 17.5 Å². The van der Waals surface area contributed by atoms with Gasteiger partial charge in [-0.2, -0.15) is 5.10 Å². The van der Waals surface area contributed by atoms with Gasteiger partial charge >= 0.3 is 0 Å². The van der Waals surface area contributed by atoms with Gasteiger partial charge in [-0.3, -0.25) is 9.48 Å². The van der Waals surface area contributed by atoms with E-state index in [2.05, 4.69) is 15.4 Å². The average molecular weight is 414 g/mol. The van der Waals surface area contributed by atoms with Crippen LogP contribution in [0.4, 0.5) is 8.78 Å². The van der Waals surface area contributed by atoms with Gasteiger partial charge in [0.1, 0.15) is 11.6 Å². The number of ether oxygens (including phenoxy) is 2. The first kappa shape index (κ1) is 19.8. The Morgan fingerprint density at radius 2 is 2.10 bits per heavy atom. The monoisotopic (exact) mass is 414 g/mol. The molecule has 1 amide bonds. The highest BCUT2D eigenvalue weighted by Crippen LogP contribution is 2.32. The van der Waals surface area contributed by atoms with Crippen molar-refractivity contribution in [3.8, 4) is 22.9 Å². The molecule has 156 valence electrons. The summed E-state index contributed by atoms with van der Waals surface area (Å²) in [7, 11) is 1.45. The number of hydrogen-bond acceptors (Lipinski definition) is 5. The van der Waals surface area contributed by atoms with Gasteiger partial charge in [0.2, 0.25) is 5.88 Å². The van der Waals surface area contributed by atoms with E-state index in [1.165, 1.54) is 25.3 Å². The lowest BCUT2D eigenvalue weighted by Crippen LogP contribution is -2.27. The predicted octanol–water partition coefficient (Wildman–Crippen LogP) is 3.51. The molecule has 2 aromatic heterocycles. The number of amides is 1. The first-order valence-electron chi connectivity index (χ1n) is 9.50. The minimum absolute atomic E-state index is 0.168. The van der Waals surface area contributed by atoms with Crippen LogP contribution in [0.3, 0.4) is 0 Å². The molecule has 1 aromatic carbocycles. The van der Waals surface area contributed by atoms with Gasteiger partial charge in [0.05, 0.1) is 37.3 Å². The lowest BCUT2D eigenvalue weighted by atomic mass is 10.1. The fraction of sp³-hybridized carbons (Fsp3) is 0.286. The highest BCUT2D eigenvalue weighted by Gasteiger charge is 2.28. The molecular weight excluding hydrogens is 394 g/mol. The Kier molecular flexibility index (Phi) is 5.35. The molecule has 7 nitrogen and oxygen atoms in total. The lowest BCUT2D eigenvalue weighted by molar-refractivity contribution is 0.0935. The number of rotatable bonds is 6. The van der Waals surface area contributed by atoms with E-state index in [4.69, 9.17) is 9.47 Å². The van der Waals surface area contributed by atoms with Crippen LogP contribution in [0.2, 0.25) is 0 Å². The fourth-order valence-electron chi connectivity index (χ4n) is 3.48. The quantitative estimate of drug-likeness (QED) is 0.668. The molecule has 3 heterocycles. The van der Waals surface area contributed by atoms with Crippen LogP contribution in [0.15, 0.2) is 36.5 Å². The molecule has 9 heteroatoms. The summed E-state index contributed by atoms with van der Waals surface area (Å²) in [6.45, 7) is 2.71. The molecule has 30 heavy (non-hydrogen) atoms. The Balaban J connectivity index is 1.57. The Bertz CT molecular complexity index is 1100. The number of benzene rings is 1. The van der Waals surface area contributed by atoms with Gasteiger partial charge in [0, 0.05) is 29.8 Å². The second-order valence-electron chi connectivity index (χ2n) is 6.81. The third kappa shape index (κ3) is 3.83. The van der Waals surface area contributed by atoms with Crippen molar-refractivity contribution in [1.82, 2.24) is 20.1 Å². The van der Waals surface area contributed by atoms with Crippen LogP contribution >= 0.6 is 0 Å².